The van der Waals surface area contributed by atoms with Crippen molar-refractivity contribution in [1.29, 1.82) is 0 Å². The van der Waals surface area contributed by atoms with E-state index in [-0.39, 0.29) is 24.8 Å². The molecular weight excluding hydrogens is 170 g/mol. The number of hydrogen-bond donors (Lipinski definition) is 3. The van der Waals surface area contributed by atoms with E-state index in [0.29, 0.717) is 13.1 Å². The molecule has 0 spiro atoms. The van der Waals surface area contributed by atoms with E-state index < -0.39 is 0 Å². The molecule has 13 heavy (non-hydrogen) atoms. The van der Waals surface area contributed by atoms with Crippen LogP contribution in [0.1, 0.15) is 19.8 Å². The van der Waals surface area contributed by atoms with Crippen molar-refractivity contribution in [2.45, 2.75) is 19.8 Å². The van der Waals surface area contributed by atoms with Gasteiger partial charge in [-0.1, -0.05) is 6.92 Å². The third kappa shape index (κ3) is 8.81. The van der Waals surface area contributed by atoms with Crippen LogP contribution >= 0.6 is 0 Å². The first-order chi connectivity index (χ1) is 6.16. The highest BCUT2D eigenvalue weighted by Gasteiger charge is 1.99. The van der Waals surface area contributed by atoms with Gasteiger partial charge in [0, 0.05) is 19.5 Å². The lowest BCUT2D eigenvalue weighted by molar-refractivity contribution is -0.121. The van der Waals surface area contributed by atoms with E-state index in [2.05, 4.69) is 10.6 Å². The average molecular weight is 187 g/mol. The highest BCUT2D eigenvalue weighted by molar-refractivity contribution is 5.78. The molecule has 0 aromatic carbocycles. The summed E-state index contributed by atoms with van der Waals surface area (Å²) >= 11 is 0. The first kappa shape index (κ1) is 11.9. The van der Waals surface area contributed by atoms with Crippen LogP contribution < -0.4 is 16.4 Å². The Morgan fingerprint density at radius 3 is 2.54 bits per heavy atom. The Labute approximate surface area is 78.1 Å². The van der Waals surface area contributed by atoms with Crippen LogP contribution in [0.2, 0.25) is 0 Å². The molecule has 0 aliphatic rings. The van der Waals surface area contributed by atoms with E-state index in [4.69, 9.17) is 5.73 Å². The fraction of sp³-hybridized carbons (Fsp3) is 0.750. The van der Waals surface area contributed by atoms with Crippen LogP contribution in [-0.4, -0.2) is 31.4 Å². The lowest BCUT2D eigenvalue weighted by Crippen LogP contribution is -2.35. The zero-order valence-electron chi connectivity index (χ0n) is 7.93. The van der Waals surface area contributed by atoms with Crippen molar-refractivity contribution in [2.24, 2.45) is 5.73 Å². The molecule has 0 saturated carbocycles. The van der Waals surface area contributed by atoms with Crippen molar-refractivity contribution >= 4 is 11.8 Å². The van der Waals surface area contributed by atoms with Gasteiger partial charge < -0.3 is 16.4 Å². The molecular formula is C8H17N3O2. The molecule has 0 radical (unpaired) electrons. The molecule has 0 bridgehead atoms. The zero-order valence-corrected chi connectivity index (χ0v) is 7.93. The van der Waals surface area contributed by atoms with Gasteiger partial charge in [-0.2, -0.15) is 0 Å². The highest BCUT2D eigenvalue weighted by atomic mass is 16.2. The number of hydrogen-bond acceptors (Lipinski definition) is 3. The van der Waals surface area contributed by atoms with E-state index in [1.54, 1.807) is 0 Å². The molecule has 0 aliphatic carbocycles. The Morgan fingerprint density at radius 2 is 2.00 bits per heavy atom. The van der Waals surface area contributed by atoms with Crippen molar-refractivity contribution in [1.82, 2.24) is 10.6 Å². The maximum absolute atomic E-state index is 11.0. The molecule has 0 unspecified atom stereocenters. The molecule has 0 atom stereocenters. The van der Waals surface area contributed by atoms with Crippen LogP contribution in [0, 0.1) is 0 Å². The van der Waals surface area contributed by atoms with Gasteiger partial charge in [-0.05, 0) is 6.42 Å². The van der Waals surface area contributed by atoms with Gasteiger partial charge in [-0.15, -0.1) is 0 Å². The topological polar surface area (TPSA) is 84.2 Å². The summed E-state index contributed by atoms with van der Waals surface area (Å²) < 4.78 is 0. The highest BCUT2D eigenvalue weighted by Crippen LogP contribution is 1.73. The lowest BCUT2D eigenvalue weighted by Gasteiger charge is -2.03. The second-order valence-corrected chi connectivity index (χ2v) is 2.74. The molecule has 5 heteroatoms. The number of nitrogens with two attached hydrogens (primary N) is 1. The Hall–Kier alpha value is -1.10. The molecule has 0 saturated heterocycles. The third-order valence-electron chi connectivity index (χ3n) is 1.41. The zero-order chi connectivity index (χ0) is 10.1. The predicted octanol–water partition coefficient (Wildman–Crippen LogP) is -1.02. The maximum atomic E-state index is 11.0. The smallest absolute Gasteiger partial charge is 0.233 e. The second kappa shape index (κ2) is 7.54. The normalized spacial score (nSPS) is 9.62. The molecule has 0 heterocycles. The predicted molar refractivity (Wildman–Crippen MR) is 50.0 cm³/mol. The van der Waals surface area contributed by atoms with Gasteiger partial charge in [0.1, 0.15) is 0 Å². The van der Waals surface area contributed by atoms with Gasteiger partial charge in [0.15, 0.2) is 0 Å². The fourth-order valence-corrected chi connectivity index (χ4v) is 0.740. The Bertz CT molecular complexity index is 171. The minimum Gasteiger partial charge on any atom is -0.370 e. The van der Waals surface area contributed by atoms with Crippen molar-refractivity contribution in [2.75, 3.05) is 19.6 Å². The monoisotopic (exact) mass is 187 g/mol. The first-order valence-electron chi connectivity index (χ1n) is 4.42. The molecule has 0 rings (SSSR count). The minimum atomic E-state index is -0.360. The molecule has 76 valence electrons. The maximum Gasteiger partial charge on any atom is 0.233 e. The van der Waals surface area contributed by atoms with Crippen LogP contribution in [0.4, 0.5) is 0 Å². The second-order valence-electron chi connectivity index (χ2n) is 2.74. The number of amides is 2. The first-order valence-corrected chi connectivity index (χ1v) is 4.42. The average Bonchev–Trinajstić information content (AvgIpc) is 2.08. The van der Waals surface area contributed by atoms with E-state index in [9.17, 15) is 9.59 Å². The Kier molecular flexibility index (Phi) is 6.91. The molecule has 0 aliphatic heterocycles. The van der Waals surface area contributed by atoms with E-state index >= 15 is 0 Å². The SMILES string of the molecule is CCCNC(=O)CNCCC(N)=O. The number of primary amides is 1. The number of carbonyl (C=O) groups is 2. The van der Waals surface area contributed by atoms with Gasteiger partial charge >= 0.3 is 0 Å². The third-order valence-corrected chi connectivity index (χ3v) is 1.41. The summed E-state index contributed by atoms with van der Waals surface area (Å²) in [4.78, 5) is 21.3. The van der Waals surface area contributed by atoms with Crippen LogP contribution in [0.5, 0.6) is 0 Å². The van der Waals surface area contributed by atoms with E-state index in [1.807, 2.05) is 6.92 Å². The standard InChI is InChI=1S/C8H17N3O2/c1-2-4-11-8(13)6-10-5-3-7(9)12/h10H,2-6H2,1H3,(H2,9,12)(H,11,13). The summed E-state index contributed by atoms with van der Waals surface area (Å²) in [5.74, 6) is -0.409. The summed E-state index contributed by atoms with van der Waals surface area (Å²) in [5, 5.41) is 5.52. The number of carbonyl (C=O) groups excluding carboxylic acids is 2. The summed E-state index contributed by atoms with van der Waals surface area (Å²) in [7, 11) is 0. The van der Waals surface area contributed by atoms with Crippen LogP contribution in [0.15, 0.2) is 0 Å². The van der Waals surface area contributed by atoms with Crippen LogP contribution in [0.3, 0.4) is 0 Å². The molecule has 0 fully saturated rings. The summed E-state index contributed by atoms with van der Waals surface area (Å²) in [6, 6.07) is 0. The van der Waals surface area contributed by atoms with E-state index in [0.717, 1.165) is 6.42 Å². The largest absolute Gasteiger partial charge is 0.370 e. The lowest BCUT2D eigenvalue weighted by atomic mass is 10.4. The van der Waals surface area contributed by atoms with Crippen molar-refractivity contribution in [3.63, 3.8) is 0 Å². The van der Waals surface area contributed by atoms with Gasteiger partial charge in [-0.25, -0.2) is 0 Å². The summed E-state index contributed by atoms with van der Waals surface area (Å²) in [5.41, 5.74) is 4.91. The van der Waals surface area contributed by atoms with Gasteiger partial charge in [0.05, 0.1) is 6.54 Å². The molecule has 0 aromatic rings. The Morgan fingerprint density at radius 1 is 1.31 bits per heavy atom. The summed E-state index contributed by atoms with van der Waals surface area (Å²) in [6.45, 7) is 3.37. The van der Waals surface area contributed by atoms with Crippen LogP contribution in [0.25, 0.3) is 0 Å². The van der Waals surface area contributed by atoms with Crippen molar-refractivity contribution < 1.29 is 9.59 Å². The van der Waals surface area contributed by atoms with Gasteiger partial charge in [-0.3, -0.25) is 9.59 Å². The van der Waals surface area contributed by atoms with E-state index in [1.165, 1.54) is 0 Å². The molecule has 5 nitrogen and oxygen atoms in total. The quantitative estimate of drug-likeness (QED) is 0.446. The fourth-order valence-electron chi connectivity index (χ4n) is 0.740. The van der Waals surface area contributed by atoms with Crippen molar-refractivity contribution in [3.05, 3.63) is 0 Å². The summed E-state index contributed by atoms with van der Waals surface area (Å²) in [6.07, 6.45) is 1.19. The van der Waals surface area contributed by atoms with Crippen LogP contribution in [-0.2, 0) is 9.59 Å². The molecule has 4 N–H and O–H groups in total. The molecule has 0 aromatic heterocycles. The molecule has 2 amide bonds. The van der Waals surface area contributed by atoms with Gasteiger partial charge in [0.2, 0.25) is 11.8 Å². The Balaban J connectivity index is 3.22. The minimum absolute atomic E-state index is 0.0497. The number of nitrogens with one attached hydrogen (secondary N) is 2. The van der Waals surface area contributed by atoms with Crippen molar-refractivity contribution in [3.8, 4) is 0 Å². The van der Waals surface area contributed by atoms with Gasteiger partial charge in [0.25, 0.3) is 0 Å². The number of rotatable bonds is 7.